The number of rotatable bonds is 1. The van der Waals surface area contributed by atoms with Crippen molar-refractivity contribution in [1.29, 1.82) is 0 Å². The summed E-state index contributed by atoms with van der Waals surface area (Å²) >= 11 is 15.3. The van der Waals surface area contributed by atoms with Crippen molar-refractivity contribution in [2.24, 2.45) is 5.73 Å². The molecular formula is C4H2Cl3NO. The molecule has 0 aromatic rings. The first kappa shape index (κ1) is 8.86. The Bertz CT molecular complexity index is 188. The lowest BCUT2D eigenvalue weighted by molar-refractivity contribution is -0.113. The molecule has 1 amide bonds. The molecule has 0 aliphatic carbocycles. The maximum absolute atomic E-state index is 10.1. The average Bonchev–Trinajstić information content (AvgIpc) is 1.63. The molecule has 0 aromatic heterocycles. The Morgan fingerprint density at radius 3 is 1.89 bits per heavy atom. The lowest BCUT2D eigenvalue weighted by atomic mass is 10.6. The molecule has 0 aliphatic rings. The monoisotopic (exact) mass is 185 g/mol. The van der Waals surface area contributed by atoms with Crippen molar-refractivity contribution in [2.45, 2.75) is 0 Å². The molecule has 2 N–H and O–H groups in total. The summed E-state index contributed by atoms with van der Waals surface area (Å²) in [6.45, 7) is 0. The summed E-state index contributed by atoms with van der Waals surface area (Å²) in [5.41, 5.74) is 6.78. The zero-order valence-electron chi connectivity index (χ0n) is 4.12. The molecule has 0 aliphatic heterocycles. The van der Waals surface area contributed by atoms with E-state index in [9.17, 15) is 4.79 Å². The highest BCUT2D eigenvalue weighted by molar-refractivity contribution is 6.56. The average molecular weight is 186 g/mol. The topological polar surface area (TPSA) is 43.1 Å². The molecule has 0 aromatic carbocycles. The maximum Gasteiger partial charge on any atom is 0.268 e. The second-order valence-electron chi connectivity index (χ2n) is 1.06. The lowest BCUT2D eigenvalue weighted by Crippen LogP contribution is -2.09. The summed E-state index contributed by atoms with van der Waals surface area (Å²) in [6.07, 6.45) is 0. The number of hydrogen-bond acceptors (Lipinski definition) is 1. The highest BCUT2D eigenvalue weighted by Crippen LogP contribution is 2.07. The van der Waals surface area contributed by atoms with Crippen molar-refractivity contribution in [3.05, 3.63) is 15.3 Å². The van der Waals surface area contributed by atoms with E-state index in [1.807, 2.05) is 0 Å². The molecule has 0 bridgehead atoms. The first-order chi connectivity index (χ1) is 4.04. The maximum atomic E-state index is 10.1. The van der Waals surface area contributed by atoms with Gasteiger partial charge in [-0.25, -0.2) is 0 Å². The molecule has 2 nitrogen and oxygen atoms in total. The fourth-order valence-electron chi connectivity index (χ4n) is 0.145. The number of amides is 1. The predicted molar refractivity (Wildman–Crippen MR) is 37.3 cm³/mol. The molecule has 0 radical (unpaired) electrons. The van der Waals surface area contributed by atoms with E-state index >= 15 is 0 Å². The van der Waals surface area contributed by atoms with Crippen molar-refractivity contribution in [2.75, 3.05) is 0 Å². The van der Waals surface area contributed by atoms with Gasteiger partial charge in [0.25, 0.3) is 5.91 Å². The normalized spacial score (nSPS) is 7.89. The highest BCUT2D eigenvalue weighted by atomic mass is 35.5. The number of hydrogen-bond donors (Lipinski definition) is 1. The quantitative estimate of drug-likeness (QED) is 0.490. The third-order valence-corrected chi connectivity index (χ3v) is 0.890. The fourth-order valence-corrected chi connectivity index (χ4v) is 0.525. The smallest absolute Gasteiger partial charge is 0.268 e. The van der Waals surface area contributed by atoms with Crippen LogP contribution in [0.15, 0.2) is 15.3 Å². The summed E-state index contributed by atoms with van der Waals surface area (Å²) in [5.74, 6) is -0.810. The zero-order chi connectivity index (χ0) is 7.44. The van der Waals surface area contributed by atoms with Gasteiger partial charge in [-0.1, -0.05) is 40.5 Å². The van der Waals surface area contributed by atoms with Crippen LogP contribution in [0.2, 0.25) is 0 Å². The molecule has 0 atom stereocenters. The van der Waals surface area contributed by atoms with Crippen LogP contribution in [0.4, 0.5) is 0 Å². The Morgan fingerprint density at radius 1 is 1.33 bits per heavy atom. The number of halogens is 3. The van der Waals surface area contributed by atoms with Crippen LogP contribution in [-0.2, 0) is 4.79 Å². The van der Waals surface area contributed by atoms with Crippen LogP contribution in [0, 0.1) is 0 Å². The molecule has 5 heteroatoms. The van der Waals surface area contributed by atoms with Gasteiger partial charge >= 0.3 is 0 Å². The number of carbonyl (C=O) groups excluding carboxylic acids is 1. The molecule has 0 saturated carbocycles. The molecule has 0 saturated heterocycles. The molecule has 0 rings (SSSR count). The third-order valence-electron chi connectivity index (χ3n) is 0.421. The van der Waals surface area contributed by atoms with E-state index in [-0.39, 0.29) is 9.52 Å². The molecular weight excluding hydrogens is 184 g/mol. The summed E-state index contributed by atoms with van der Waals surface area (Å²) in [6, 6.07) is 0. The van der Waals surface area contributed by atoms with Crippen LogP contribution < -0.4 is 5.73 Å². The lowest BCUT2D eigenvalue weighted by Gasteiger charge is -1.81. The van der Waals surface area contributed by atoms with Gasteiger partial charge in [0.1, 0.15) is 5.03 Å². The van der Waals surface area contributed by atoms with Gasteiger partial charge in [-0.3, -0.25) is 4.79 Å². The van der Waals surface area contributed by atoms with Gasteiger partial charge < -0.3 is 5.73 Å². The minimum atomic E-state index is -0.810. The SMILES string of the molecule is NC(=O)C(Cl)=C=C(Cl)Cl. The Kier molecular flexibility index (Phi) is 3.75. The minimum Gasteiger partial charge on any atom is -0.364 e. The summed E-state index contributed by atoms with van der Waals surface area (Å²) in [4.78, 5) is 10.1. The molecule has 0 unspecified atom stereocenters. The molecule has 0 heterocycles. The van der Waals surface area contributed by atoms with Crippen LogP contribution in [0.25, 0.3) is 0 Å². The van der Waals surface area contributed by atoms with Crippen molar-refractivity contribution >= 4 is 40.7 Å². The number of carbonyl (C=O) groups is 1. The van der Waals surface area contributed by atoms with Crippen LogP contribution in [-0.4, -0.2) is 5.91 Å². The van der Waals surface area contributed by atoms with Gasteiger partial charge in [-0.2, -0.15) is 0 Å². The van der Waals surface area contributed by atoms with E-state index in [0.717, 1.165) is 0 Å². The molecule has 50 valence electrons. The van der Waals surface area contributed by atoms with E-state index in [4.69, 9.17) is 34.8 Å². The summed E-state index contributed by atoms with van der Waals surface area (Å²) < 4.78 is -0.223. The van der Waals surface area contributed by atoms with Crippen molar-refractivity contribution in [1.82, 2.24) is 0 Å². The zero-order valence-corrected chi connectivity index (χ0v) is 6.39. The van der Waals surface area contributed by atoms with E-state index in [0.29, 0.717) is 0 Å². The van der Waals surface area contributed by atoms with Crippen LogP contribution in [0.3, 0.4) is 0 Å². The number of primary amides is 1. The first-order valence-corrected chi connectivity index (χ1v) is 2.94. The van der Waals surface area contributed by atoms with Gasteiger partial charge in [0.15, 0.2) is 4.49 Å². The van der Waals surface area contributed by atoms with Crippen LogP contribution >= 0.6 is 34.8 Å². The second-order valence-corrected chi connectivity index (χ2v) is 2.39. The Balaban J connectivity index is 4.55. The molecule has 0 spiro atoms. The van der Waals surface area contributed by atoms with Gasteiger partial charge in [0.05, 0.1) is 0 Å². The van der Waals surface area contributed by atoms with Gasteiger partial charge in [-0.15, -0.1) is 0 Å². The van der Waals surface area contributed by atoms with E-state index in [1.165, 1.54) is 0 Å². The highest BCUT2D eigenvalue weighted by Gasteiger charge is 1.96. The van der Waals surface area contributed by atoms with Gasteiger partial charge in [0, 0.05) is 0 Å². The van der Waals surface area contributed by atoms with Crippen molar-refractivity contribution in [3.8, 4) is 0 Å². The molecule has 9 heavy (non-hydrogen) atoms. The largest absolute Gasteiger partial charge is 0.364 e. The van der Waals surface area contributed by atoms with Gasteiger partial charge in [0.2, 0.25) is 0 Å². The third kappa shape index (κ3) is 4.37. The summed E-state index contributed by atoms with van der Waals surface area (Å²) in [7, 11) is 0. The standard InChI is InChI=1S/C4H2Cl3NO/c5-2(4(8)9)1-3(6)7/h(H2,8,9). The van der Waals surface area contributed by atoms with E-state index < -0.39 is 5.91 Å². The first-order valence-electron chi connectivity index (χ1n) is 1.81. The fraction of sp³-hybridized carbons (Fsp3) is 0. The Morgan fingerprint density at radius 2 is 1.78 bits per heavy atom. The van der Waals surface area contributed by atoms with E-state index in [1.54, 1.807) is 0 Å². The van der Waals surface area contributed by atoms with Crippen LogP contribution in [0.1, 0.15) is 0 Å². The second kappa shape index (κ2) is 3.80. The predicted octanol–water partition coefficient (Wildman–Crippen LogP) is 1.51. The molecule has 0 fully saturated rings. The van der Waals surface area contributed by atoms with Crippen LogP contribution in [0.5, 0.6) is 0 Å². The number of nitrogens with two attached hydrogens (primary N) is 1. The van der Waals surface area contributed by atoms with Crippen molar-refractivity contribution < 1.29 is 4.79 Å². The Hall–Kier alpha value is -0.140. The van der Waals surface area contributed by atoms with Crippen molar-refractivity contribution in [3.63, 3.8) is 0 Å². The Labute approximate surface area is 66.9 Å². The summed E-state index contributed by atoms with van der Waals surface area (Å²) in [5, 5.41) is -0.310. The van der Waals surface area contributed by atoms with E-state index in [2.05, 4.69) is 11.5 Å². The minimum absolute atomic E-state index is 0.223. The van der Waals surface area contributed by atoms with Gasteiger partial charge in [-0.05, 0) is 0 Å².